The predicted octanol–water partition coefficient (Wildman–Crippen LogP) is 2.08. The molecule has 0 heterocycles. The van der Waals surface area contributed by atoms with Gasteiger partial charge in [-0.15, -0.1) is 0 Å². The lowest BCUT2D eigenvalue weighted by Crippen LogP contribution is -2.47. The minimum Gasteiger partial charge on any atom is -0.398 e. The number of sulfonamides is 1. The van der Waals surface area contributed by atoms with Crippen molar-refractivity contribution in [2.75, 3.05) is 12.3 Å². The Hall–Kier alpha value is -0.820. The van der Waals surface area contributed by atoms with Crippen LogP contribution in [-0.2, 0) is 14.8 Å². The molecule has 1 aromatic carbocycles. The number of hydrogen-bond acceptors (Lipinski definition) is 4. The zero-order valence-corrected chi connectivity index (χ0v) is 13.1. The van der Waals surface area contributed by atoms with Crippen LogP contribution < -0.4 is 10.5 Å². The van der Waals surface area contributed by atoms with Gasteiger partial charge in [0.2, 0.25) is 10.0 Å². The second-order valence-corrected chi connectivity index (χ2v) is 7.10. The molecule has 0 radical (unpaired) electrons. The number of ether oxygens (including phenoxy) is 1. The van der Waals surface area contributed by atoms with Gasteiger partial charge >= 0.3 is 0 Å². The maximum atomic E-state index is 12.4. The minimum atomic E-state index is -3.60. The second-order valence-electron chi connectivity index (χ2n) is 4.99. The Bertz CT molecular complexity index is 598. The summed E-state index contributed by atoms with van der Waals surface area (Å²) in [5.74, 6) is 0. The average Bonchev–Trinajstić information content (AvgIpc) is 2.31. The minimum absolute atomic E-state index is 0.0869. The topological polar surface area (TPSA) is 81.4 Å². The Morgan fingerprint density at radius 1 is 1.45 bits per heavy atom. The zero-order chi connectivity index (χ0) is 14.9. The molecule has 0 saturated heterocycles. The highest BCUT2D eigenvalue weighted by Crippen LogP contribution is 2.29. The summed E-state index contributed by atoms with van der Waals surface area (Å²) < 4.78 is 32.8. The van der Waals surface area contributed by atoms with Crippen molar-refractivity contribution in [3.8, 4) is 0 Å². The summed E-state index contributed by atoms with van der Waals surface area (Å²) in [5.41, 5.74) is 6.65. The molecule has 0 aromatic heterocycles. The summed E-state index contributed by atoms with van der Waals surface area (Å²) in [6.45, 7) is 4.24. The highest BCUT2D eigenvalue weighted by atomic mass is 35.5. The van der Waals surface area contributed by atoms with Crippen LogP contribution in [0.15, 0.2) is 17.0 Å². The molecule has 0 atom stereocenters. The monoisotopic (exact) mass is 318 g/mol. The summed E-state index contributed by atoms with van der Waals surface area (Å²) >= 11 is 5.88. The summed E-state index contributed by atoms with van der Waals surface area (Å²) in [4.78, 5) is 0.141. The Morgan fingerprint density at radius 3 is 2.70 bits per heavy atom. The van der Waals surface area contributed by atoms with E-state index in [4.69, 9.17) is 22.1 Å². The fourth-order valence-corrected chi connectivity index (χ4v) is 4.12. The average molecular weight is 319 g/mol. The summed E-state index contributed by atoms with van der Waals surface area (Å²) in [5, 5.41) is 0.314. The van der Waals surface area contributed by atoms with Crippen molar-refractivity contribution < 1.29 is 13.2 Å². The van der Waals surface area contributed by atoms with E-state index in [1.165, 1.54) is 6.07 Å². The molecule has 1 aliphatic carbocycles. The van der Waals surface area contributed by atoms with Crippen molar-refractivity contribution >= 4 is 27.3 Å². The Balaban J connectivity index is 2.12. The van der Waals surface area contributed by atoms with Gasteiger partial charge in [0.25, 0.3) is 0 Å². The van der Waals surface area contributed by atoms with Crippen molar-refractivity contribution in [1.82, 2.24) is 4.72 Å². The molecular weight excluding hydrogens is 300 g/mol. The largest absolute Gasteiger partial charge is 0.398 e. The Kier molecular flexibility index (Phi) is 4.59. The van der Waals surface area contributed by atoms with Gasteiger partial charge in [0.05, 0.1) is 11.0 Å². The SMILES string of the molecule is CCOC1CC(NS(=O)(=O)c2cc(Cl)cc(N)c2C)C1. The van der Waals surface area contributed by atoms with Crippen molar-refractivity contribution in [3.63, 3.8) is 0 Å². The Labute approximate surface area is 124 Å². The van der Waals surface area contributed by atoms with E-state index in [9.17, 15) is 8.42 Å². The number of nitrogens with two attached hydrogens (primary N) is 1. The predicted molar refractivity (Wildman–Crippen MR) is 79.4 cm³/mol. The number of hydrogen-bond donors (Lipinski definition) is 2. The highest BCUT2D eigenvalue weighted by Gasteiger charge is 2.33. The number of benzene rings is 1. The van der Waals surface area contributed by atoms with E-state index in [2.05, 4.69) is 4.72 Å². The van der Waals surface area contributed by atoms with Crippen LogP contribution in [0.4, 0.5) is 5.69 Å². The number of nitrogens with one attached hydrogen (secondary N) is 1. The van der Waals surface area contributed by atoms with Crippen molar-refractivity contribution in [3.05, 3.63) is 22.7 Å². The van der Waals surface area contributed by atoms with Crippen molar-refractivity contribution in [2.45, 2.75) is 43.7 Å². The number of nitrogen functional groups attached to an aromatic ring is 1. The smallest absolute Gasteiger partial charge is 0.241 e. The Morgan fingerprint density at radius 2 is 2.10 bits per heavy atom. The van der Waals surface area contributed by atoms with Crippen LogP contribution in [0, 0.1) is 6.92 Å². The van der Waals surface area contributed by atoms with Crippen LogP contribution in [0.2, 0.25) is 5.02 Å². The third kappa shape index (κ3) is 3.25. The van der Waals surface area contributed by atoms with E-state index in [-0.39, 0.29) is 17.0 Å². The van der Waals surface area contributed by atoms with Gasteiger partial charge < -0.3 is 10.5 Å². The molecule has 0 spiro atoms. The molecule has 1 aliphatic rings. The van der Waals surface area contributed by atoms with Gasteiger partial charge in [-0.3, -0.25) is 0 Å². The molecular formula is C13H19ClN2O3S. The van der Waals surface area contributed by atoms with Gasteiger partial charge in [-0.2, -0.15) is 0 Å². The van der Waals surface area contributed by atoms with Gasteiger partial charge in [0, 0.05) is 23.4 Å². The molecule has 0 amide bonds. The van der Waals surface area contributed by atoms with Crippen LogP contribution >= 0.6 is 11.6 Å². The molecule has 112 valence electrons. The zero-order valence-electron chi connectivity index (χ0n) is 11.5. The number of anilines is 1. The maximum absolute atomic E-state index is 12.4. The normalized spacial score (nSPS) is 22.6. The van der Waals surface area contributed by atoms with Gasteiger partial charge in [-0.1, -0.05) is 11.6 Å². The van der Waals surface area contributed by atoms with Crippen molar-refractivity contribution in [1.29, 1.82) is 0 Å². The first-order chi connectivity index (χ1) is 9.33. The summed E-state index contributed by atoms with van der Waals surface area (Å²) in [6.07, 6.45) is 1.54. The summed E-state index contributed by atoms with van der Waals surface area (Å²) in [6, 6.07) is 2.88. The third-order valence-corrected chi connectivity index (χ3v) is 5.34. The fourth-order valence-electron chi connectivity index (χ4n) is 2.27. The van der Waals surface area contributed by atoms with E-state index >= 15 is 0 Å². The van der Waals surface area contributed by atoms with Crippen LogP contribution in [0.1, 0.15) is 25.3 Å². The first-order valence-electron chi connectivity index (χ1n) is 6.53. The van der Waals surface area contributed by atoms with Crippen molar-refractivity contribution in [2.24, 2.45) is 0 Å². The summed E-state index contributed by atoms with van der Waals surface area (Å²) in [7, 11) is -3.60. The molecule has 1 fully saturated rings. The molecule has 0 unspecified atom stereocenters. The third-order valence-electron chi connectivity index (χ3n) is 3.47. The molecule has 7 heteroatoms. The quantitative estimate of drug-likeness (QED) is 0.814. The number of rotatable bonds is 5. The lowest BCUT2D eigenvalue weighted by molar-refractivity contribution is -0.00475. The van der Waals surface area contributed by atoms with Gasteiger partial charge in [0.1, 0.15) is 0 Å². The lowest BCUT2D eigenvalue weighted by Gasteiger charge is -2.35. The van der Waals surface area contributed by atoms with E-state index < -0.39 is 10.0 Å². The molecule has 20 heavy (non-hydrogen) atoms. The van der Waals surface area contributed by atoms with E-state index in [0.717, 1.165) is 0 Å². The lowest BCUT2D eigenvalue weighted by atomic mass is 9.90. The second kappa shape index (κ2) is 5.89. The standard InChI is InChI=1S/C13H19ClN2O3S/c1-3-19-11-6-10(7-11)16-20(17,18)13-5-9(14)4-12(15)8(13)2/h4-5,10-11,16H,3,6-7,15H2,1-2H3. The van der Waals surface area contributed by atoms with Crippen LogP contribution in [0.5, 0.6) is 0 Å². The molecule has 1 aromatic rings. The first kappa shape index (κ1) is 15.6. The fraction of sp³-hybridized carbons (Fsp3) is 0.538. The molecule has 0 aliphatic heterocycles. The van der Waals surface area contributed by atoms with Gasteiger partial charge in [-0.05, 0) is 44.4 Å². The molecule has 0 bridgehead atoms. The van der Waals surface area contributed by atoms with E-state index in [1.54, 1.807) is 13.0 Å². The highest BCUT2D eigenvalue weighted by molar-refractivity contribution is 7.89. The molecule has 2 rings (SSSR count). The van der Waals surface area contributed by atoms with E-state index in [1.807, 2.05) is 6.92 Å². The van der Waals surface area contributed by atoms with Crippen LogP contribution in [-0.4, -0.2) is 27.2 Å². The van der Waals surface area contributed by atoms with Gasteiger partial charge in [0.15, 0.2) is 0 Å². The van der Waals surface area contributed by atoms with Gasteiger partial charge in [-0.25, -0.2) is 13.1 Å². The maximum Gasteiger partial charge on any atom is 0.241 e. The molecule has 3 N–H and O–H groups in total. The molecule has 1 saturated carbocycles. The van der Waals surface area contributed by atoms with Crippen LogP contribution in [0.3, 0.4) is 0 Å². The van der Waals surface area contributed by atoms with Crippen LogP contribution in [0.25, 0.3) is 0 Å². The molecule has 5 nitrogen and oxygen atoms in total. The van der Waals surface area contributed by atoms with E-state index in [0.29, 0.717) is 35.7 Å². The first-order valence-corrected chi connectivity index (χ1v) is 8.39. The number of halogens is 1.